The van der Waals surface area contributed by atoms with Crippen molar-refractivity contribution in [1.29, 1.82) is 0 Å². The van der Waals surface area contributed by atoms with Crippen LogP contribution in [0.25, 0.3) is 11.4 Å². The van der Waals surface area contributed by atoms with Crippen LogP contribution in [0.3, 0.4) is 0 Å². The molecule has 0 unspecified atom stereocenters. The van der Waals surface area contributed by atoms with Crippen LogP contribution in [0.15, 0.2) is 33.9 Å². The number of rotatable bonds is 7. The maximum atomic E-state index is 11.9. The van der Waals surface area contributed by atoms with Crippen molar-refractivity contribution >= 4 is 33.6 Å². The lowest BCUT2D eigenvalue weighted by atomic mass is 10.2. The average molecular weight is 398 g/mol. The van der Waals surface area contributed by atoms with E-state index in [1.165, 1.54) is 16.4 Å². The highest BCUT2D eigenvalue weighted by atomic mass is 79.9. The van der Waals surface area contributed by atoms with E-state index < -0.39 is 0 Å². The molecule has 0 aliphatic heterocycles. The smallest absolute Gasteiger partial charge is 0.230 e. The van der Waals surface area contributed by atoms with Gasteiger partial charge in [-0.25, -0.2) is 4.68 Å². The molecule has 2 rings (SSSR count). The van der Waals surface area contributed by atoms with Crippen molar-refractivity contribution in [3.05, 3.63) is 28.7 Å². The number of nitrogens with one attached hydrogen (secondary N) is 1. The number of hydrogen-bond acceptors (Lipinski definition) is 5. The molecular formula is C15H20BrN5OS. The monoisotopic (exact) mass is 397 g/mol. The van der Waals surface area contributed by atoms with Gasteiger partial charge >= 0.3 is 0 Å². The molecule has 3 N–H and O–H groups in total. The predicted octanol–water partition coefficient (Wildman–Crippen LogP) is 2.82. The van der Waals surface area contributed by atoms with Gasteiger partial charge in [0.1, 0.15) is 0 Å². The maximum Gasteiger partial charge on any atom is 0.230 e. The zero-order valence-corrected chi connectivity index (χ0v) is 15.5. The van der Waals surface area contributed by atoms with Gasteiger partial charge in [0.25, 0.3) is 0 Å². The third kappa shape index (κ3) is 4.48. The van der Waals surface area contributed by atoms with Gasteiger partial charge in [-0.05, 0) is 25.0 Å². The molecule has 0 aliphatic carbocycles. The summed E-state index contributed by atoms with van der Waals surface area (Å²) in [6.45, 7) is 4.12. The molecule has 0 bridgehead atoms. The lowest BCUT2D eigenvalue weighted by molar-refractivity contribution is -0.119. The number of benzene rings is 1. The minimum absolute atomic E-state index is 0.0193. The van der Waals surface area contributed by atoms with Gasteiger partial charge in [0.05, 0.1) is 5.75 Å². The van der Waals surface area contributed by atoms with Crippen molar-refractivity contribution in [2.24, 2.45) is 0 Å². The molecule has 6 nitrogen and oxygen atoms in total. The van der Waals surface area contributed by atoms with Crippen LogP contribution in [0.1, 0.15) is 26.7 Å². The van der Waals surface area contributed by atoms with E-state index >= 15 is 0 Å². The SMILES string of the molecule is CCC(CC)NC(=O)CSc1nnc(-c2ccccc2Br)n1N. The Hall–Kier alpha value is -1.54. The number of thioether (sulfide) groups is 1. The number of carbonyl (C=O) groups is 1. The first kappa shape index (κ1) is 17.8. The number of halogens is 1. The zero-order chi connectivity index (χ0) is 16.8. The van der Waals surface area contributed by atoms with Crippen molar-refractivity contribution in [1.82, 2.24) is 20.2 Å². The molecule has 1 aromatic carbocycles. The number of aromatic nitrogens is 3. The van der Waals surface area contributed by atoms with Crippen LogP contribution in [0.4, 0.5) is 0 Å². The van der Waals surface area contributed by atoms with Crippen molar-refractivity contribution in [2.45, 2.75) is 37.9 Å². The van der Waals surface area contributed by atoms with E-state index in [4.69, 9.17) is 5.84 Å². The number of hydrogen-bond donors (Lipinski definition) is 2. The Labute approximate surface area is 148 Å². The summed E-state index contributed by atoms with van der Waals surface area (Å²) in [6, 6.07) is 7.87. The number of carbonyl (C=O) groups excluding carboxylic acids is 1. The quantitative estimate of drug-likeness (QED) is 0.553. The number of nitrogen functional groups attached to an aromatic ring is 1. The molecule has 1 heterocycles. The summed E-state index contributed by atoms with van der Waals surface area (Å²) in [4.78, 5) is 11.9. The second kappa shape index (κ2) is 8.35. The van der Waals surface area contributed by atoms with Crippen LogP contribution in [-0.4, -0.2) is 32.6 Å². The summed E-state index contributed by atoms with van der Waals surface area (Å²) in [6.07, 6.45) is 1.85. The van der Waals surface area contributed by atoms with Crippen molar-refractivity contribution in [3.63, 3.8) is 0 Å². The van der Waals surface area contributed by atoms with Crippen LogP contribution in [0, 0.1) is 0 Å². The molecule has 0 aliphatic rings. The fourth-order valence-corrected chi connectivity index (χ4v) is 3.22. The average Bonchev–Trinajstić information content (AvgIpc) is 2.92. The first-order chi connectivity index (χ1) is 11.1. The Morgan fingerprint density at radius 1 is 1.35 bits per heavy atom. The largest absolute Gasteiger partial charge is 0.353 e. The molecular weight excluding hydrogens is 378 g/mol. The molecule has 0 atom stereocenters. The molecule has 0 radical (unpaired) electrons. The normalized spacial score (nSPS) is 11.0. The fourth-order valence-electron chi connectivity index (χ4n) is 2.09. The highest BCUT2D eigenvalue weighted by molar-refractivity contribution is 9.10. The van der Waals surface area contributed by atoms with Gasteiger partial charge in [-0.3, -0.25) is 4.79 Å². The summed E-state index contributed by atoms with van der Waals surface area (Å²) >= 11 is 4.75. The van der Waals surface area contributed by atoms with Gasteiger partial charge in [0.2, 0.25) is 11.1 Å². The van der Waals surface area contributed by atoms with Crippen LogP contribution >= 0.6 is 27.7 Å². The predicted molar refractivity (Wildman–Crippen MR) is 96.5 cm³/mol. The molecule has 0 saturated heterocycles. The van der Waals surface area contributed by atoms with Gasteiger partial charge in [0.15, 0.2) is 5.82 Å². The summed E-state index contributed by atoms with van der Waals surface area (Å²) in [7, 11) is 0. The van der Waals surface area contributed by atoms with E-state index in [1.807, 2.05) is 24.3 Å². The Kier molecular flexibility index (Phi) is 6.47. The Morgan fingerprint density at radius 2 is 2.04 bits per heavy atom. The molecule has 1 aromatic heterocycles. The van der Waals surface area contributed by atoms with E-state index in [9.17, 15) is 4.79 Å². The van der Waals surface area contributed by atoms with E-state index in [0.717, 1.165) is 22.9 Å². The van der Waals surface area contributed by atoms with Crippen molar-refractivity contribution in [3.8, 4) is 11.4 Å². The molecule has 23 heavy (non-hydrogen) atoms. The summed E-state index contributed by atoms with van der Waals surface area (Å²) in [5, 5.41) is 11.7. The van der Waals surface area contributed by atoms with Crippen LogP contribution in [-0.2, 0) is 4.79 Å². The first-order valence-electron chi connectivity index (χ1n) is 7.44. The highest BCUT2D eigenvalue weighted by Crippen LogP contribution is 2.27. The van der Waals surface area contributed by atoms with Gasteiger partial charge in [-0.1, -0.05) is 53.7 Å². The zero-order valence-electron chi connectivity index (χ0n) is 13.1. The van der Waals surface area contributed by atoms with Crippen molar-refractivity contribution < 1.29 is 4.79 Å². The maximum absolute atomic E-state index is 11.9. The van der Waals surface area contributed by atoms with Crippen molar-refractivity contribution in [2.75, 3.05) is 11.6 Å². The Bertz CT molecular complexity index is 672. The molecule has 0 spiro atoms. The summed E-state index contributed by atoms with van der Waals surface area (Å²) < 4.78 is 2.30. The van der Waals surface area contributed by atoms with Gasteiger partial charge in [-0.2, -0.15) is 0 Å². The minimum atomic E-state index is -0.0193. The fraction of sp³-hybridized carbons (Fsp3) is 0.400. The second-order valence-electron chi connectivity index (χ2n) is 5.03. The van der Waals surface area contributed by atoms with E-state index in [2.05, 4.69) is 45.3 Å². The van der Waals surface area contributed by atoms with E-state index in [0.29, 0.717) is 11.0 Å². The van der Waals surface area contributed by atoms with Gasteiger partial charge in [0, 0.05) is 16.1 Å². The third-order valence-corrected chi connectivity index (χ3v) is 5.10. The summed E-state index contributed by atoms with van der Waals surface area (Å²) in [5.74, 6) is 6.86. The lowest BCUT2D eigenvalue weighted by Crippen LogP contribution is -2.35. The molecule has 124 valence electrons. The van der Waals surface area contributed by atoms with E-state index in [1.54, 1.807) is 0 Å². The minimum Gasteiger partial charge on any atom is -0.353 e. The van der Waals surface area contributed by atoms with Gasteiger partial charge < -0.3 is 11.2 Å². The standard InChI is InChI=1S/C15H20BrN5OS/c1-3-10(4-2)18-13(22)9-23-15-20-19-14(21(15)17)11-7-5-6-8-12(11)16/h5-8,10H,3-4,9,17H2,1-2H3,(H,18,22). The number of amides is 1. The third-order valence-electron chi connectivity index (χ3n) is 3.46. The number of nitrogens with two attached hydrogens (primary N) is 1. The van der Waals surface area contributed by atoms with Gasteiger partial charge in [-0.15, -0.1) is 10.2 Å². The lowest BCUT2D eigenvalue weighted by Gasteiger charge is -2.14. The van der Waals surface area contributed by atoms with Crippen LogP contribution in [0.2, 0.25) is 0 Å². The van der Waals surface area contributed by atoms with Crippen LogP contribution in [0.5, 0.6) is 0 Å². The number of nitrogens with zero attached hydrogens (tertiary/aromatic N) is 3. The Balaban J connectivity index is 2.03. The Morgan fingerprint density at radius 3 is 2.70 bits per heavy atom. The molecule has 1 amide bonds. The molecule has 8 heteroatoms. The molecule has 0 saturated carbocycles. The summed E-state index contributed by atoms with van der Waals surface area (Å²) in [5.41, 5.74) is 0.857. The first-order valence-corrected chi connectivity index (χ1v) is 9.22. The molecule has 0 fully saturated rings. The second-order valence-corrected chi connectivity index (χ2v) is 6.82. The highest BCUT2D eigenvalue weighted by Gasteiger charge is 2.16. The van der Waals surface area contributed by atoms with E-state index in [-0.39, 0.29) is 17.7 Å². The van der Waals surface area contributed by atoms with Crippen LogP contribution < -0.4 is 11.2 Å². The molecule has 2 aromatic rings. The topological polar surface area (TPSA) is 85.8 Å².